The number of nitro benzene ring substituents is 1. The highest BCUT2D eigenvalue weighted by atomic mass is 32.2. The van der Waals surface area contributed by atoms with Crippen molar-refractivity contribution in [3.63, 3.8) is 0 Å². The van der Waals surface area contributed by atoms with Crippen molar-refractivity contribution < 1.29 is 14.5 Å². The molecular formula is C14H14N6O4S. The van der Waals surface area contributed by atoms with Gasteiger partial charge >= 0.3 is 0 Å². The molecule has 1 heterocycles. The van der Waals surface area contributed by atoms with Crippen molar-refractivity contribution in [1.82, 2.24) is 26.0 Å². The number of amides is 2. The number of hydrazine groups is 1. The van der Waals surface area contributed by atoms with Crippen LogP contribution in [0.5, 0.6) is 0 Å². The third kappa shape index (κ3) is 4.53. The van der Waals surface area contributed by atoms with Crippen LogP contribution in [0.15, 0.2) is 29.4 Å². The number of nitrogens with zero attached hydrogens (tertiary/aromatic N) is 3. The van der Waals surface area contributed by atoms with E-state index < -0.39 is 16.7 Å². The number of non-ortho nitro benzene ring substituents is 1. The van der Waals surface area contributed by atoms with Gasteiger partial charge in [-0.15, -0.1) is 5.10 Å². The van der Waals surface area contributed by atoms with Gasteiger partial charge < -0.3 is 0 Å². The van der Waals surface area contributed by atoms with Crippen molar-refractivity contribution in [2.45, 2.75) is 23.9 Å². The number of thioether (sulfide) groups is 1. The third-order valence-electron chi connectivity index (χ3n) is 3.41. The molecule has 1 aromatic carbocycles. The number of H-pyrrole nitrogens is 1. The highest BCUT2D eigenvalue weighted by Crippen LogP contribution is 2.38. The van der Waals surface area contributed by atoms with Crippen LogP contribution >= 0.6 is 11.8 Å². The summed E-state index contributed by atoms with van der Waals surface area (Å²) in [4.78, 5) is 38.0. The Labute approximate surface area is 145 Å². The molecule has 1 aromatic heterocycles. The molecule has 0 spiro atoms. The number of nitro groups is 1. The highest BCUT2D eigenvalue weighted by Gasteiger charge is 2.27. The zero-order chi connectivity index (χ0) is 17.8. The van der Waals surface area contributed by atoms with E-state index in [4.69, 9.17) is 0 Å². The van der Waals surface area contributed by atoms with E-state index in [1.54, 1.807) is 0 Å². The second-order valence-corrected chi connectivity index (χ2v) is 6.32. The van der Waals surface area contributed by atoms with E-state index in [9.17, 15) is 19.7 Å². The molecule has 1 saturated carbocycles. The van der Waals surface area contributed by atoms with E-state index in [0.29, 0.717) is 11.1 Å². The van der Waals surface area contributed by atoms with Crippen molar-refractivity contribution in [2.24, 2.45) is 0 Å². The van der Waals surface area contributed by atoms with E-state index in [1.807, 2.05) is 0 Å². The fraction of sp³-hybridized carbons (Fsp3) is 0.286. The molecule has 0 unspecified atom stereocenters. The molecule has 11 heteroatoms. The molecule has 0 aliphatic heterocycles. The lowest BCUT2D eigenvalue weighted by Crippen LogP contribution is -2.42. The summed E-state index contributed by atoms with van der Waals surface area (Å²) in [6.07, 6.45) is 2.20. The van der Waals surface area contributed by atoms with Gasteiger partial charge in [0, 0.05) is 23.6 Å². The summed E-state index contributed by atoms with van der Waals surface area (Å²) in [6.45, 7) is 0. The average molecular weight is 362 g/mol. The SMILES string of the molecule is O=C(CSc1n[nH]c(C2CC2)n1)NNC(=O)c1cccc([N+](=O)[O-])c1. The van der Waals surface area contributed by atoms with Gasteiger partial charge in [-0.25, -0.2) is 4.98 Å². The molecule has 2 amide bonds. The fourth-order valence-corrected chi connectivity index (χ4v) is 2.59. The van der Waals surface area contributed by atoms with Gasteiger partial charge in [-0.3, -0.25) is 35.7 Å². The predicted molar refractivity (Wildman–Crippen MR) is 87.8 cm³/mol. The summed E-state index contributed by atoms with van der Waals surface area (Å²) in [5, 5.41) is 18.0. The molecular weight excluding hydrogens is 348 g/mol. The van der Waals surface area contributed by atoms with Gasteiger partial charge in [-0.1, -0.05) is 17.8 Å². The van der Waals surface area contributed by atoms with Crippen LogP contribution in [0.2, 0.25) is 0 Å². The standard InChI is InChI=1S/C14H14N6O4S/c21-11(7-25-14-15-12(17-19-14)8-4-5-8)16-18-13(22)9-2-1-3-10(6-9)20(23)24/h1-3,6,8H,4-5,7H2,(H,16,21)(H,18,22)(H,15,17,19). The monoisotopic (exact) mass is 362 g/mol. The molecule has 0 atom stereocenters. The van der Waals surface area contributed by atoms with Crippen molar-refractivity contribution in [2.75, 3.05) is 5.75 Å². The largest absolute Gasteiger partial charge is 0.272 e. The molecule has 25 heavy (non-hydrogen) atoms. The van der Waals surface area contributed by atoms with Gasteiger partial charge in [-0.2, -0.15) is 0 Å². The number of carbonyl (C=O) groups excluding carboxylic acids is 2. The topological polar surface area (TPSA) is 143 Å². The summed E-state index contributed by atoms with van der Waals surface area (Å²) in [6, 6.07) is 5.21. The molecule has 130 valence electrons. The number of hydrogen-bond acceptors (Lipinski definition) is 7. The Balaban J connectivity index is 1.45. The predicted octanol–water partition coefficient (Wildman–Crippen LogP) is 1.14. The molecule has 1 aliphatic carbocycles. The van der Waals surface area contributed by atoms with Crippen molar-refractivity contribution in [3.8, 4) is 0 Å². The minimum atomic E-state index is -0.643. The summed E-state index contributed by atoms with van der Waals surface area (Å²) in [5.74, 6) is 0.223. The van der Waals surface area contributed by atoms with Gasteiger partial charge in [0.15, 0.2) is 0 Å². The minimum Gasteiger partial charge on any atom is -0.272 e. The number of rotatable bonds is 6. The quantitative estimate of drug-likeness (QED) is 0.397. The molecule has 10 nitrogen and oxygen atoms in total. The van der Waals surface area contributed by atoms with E-state index in [1.165, 1.54) is 18.2 Å². The molecule has 0 radical (unpaired) electrons. The first kappa shape index (κ1) is 16.9. The van der Waals surface area contributed by atoms with Crippen LogP contribution in [0, 0.1) is 10.1 Å². The van der Waals surface area contributed by atoms with Crippen LogP contribution in [-0.4, -0.2) is 37.7 Å². The molecule has 3 rings (SSSR count). The molecule has 1 aliphatic rings. The lowest BCUT2D eigenvalue weighted by atomic mass is 10.2. The van der Waals surface area contributed by atoms with Gasteiger partial charge in [-0.05, 0) is 18.9 Å². The fourth-order valence-electron chi connectivity index (χ4n) is 1.99. The van der Waals surface area contributed by atoms with E-state index in [2.05, 4.69) is 26.0 Å². The highest BCUT2D eigenvalue weighted by molar-refractivity contribution is 7.99. The van der Waals surface area contributed by atoms with E-state index in [0.717, 1.165) is 36.5 Å². The third-order valence-corrected chi connectivity index (χ3v) is 4.26. The van der Waals surface area contributed by atoms with Crippen LogP contribution < -0.4 is 10.9 Å². The Morgan fingerprint density at radius 3 is 2.88 bits per heavy atom. The maximum Gasteiger partial charge on any atom is 0.270 e. The first-order valence-electron chi connectivity index (χ1n) is 7.41. The average Bonchev–Trinajstić information content (AvgIpc) is 3.36. The number of benzene rings is 1. The zero-order valence-electron chi connectivity index (χ0n) is 12.9. The second kappa shape index (κ2) is 7.30. The van der Waals surface area contributed by atoms with Gasteiger partial charge in [0.25, 0.3) is 11.6 Å². The van der Waals surface area contributed by atoms with E-state index in [-0.39, 0.29) is 17.0 Å². The normalized spacial score (nSPS) is 13.3. The lowest BCUT2D eigenvalue weighted by Gasteiger charge is -2.06. The smallest absolute Gasteiger partial charge is 0.270 e. The second-order valence-electron chi connectivity index (χ2n) is 5.38. The van der Waals surface area contributed by atoms with Crippen LogP contribution in [-0.2, 0) is 4.79 Å². The first-order valence-corrected chi connectivity index (χ1v) is 8.40. The van der Waals surface area contributed by atoms with Crippen LogP contribution in [0.3, 0.4) is 0 Å². The Morgan fingerprint density at radius 2 is 2.16 bits per heavy atom. The van der Waals surface area contributed by atoms with E-state index >= 15 is 0 Å². The Kier molecular flexibility index (Phi) is 4.93. The Hall–Kier alpha value is -2.95. The lowest BCUT2D eigenvalue weighted by molar-refractivity contribution is -0.384. The van der Waals surface area contributed by atoms with Crippen LogP contribution in [0.25, 0.3) is 0 Å². The molecule has 1 fully saturated rings. The van der Waals surface area contributed by atoms with Crippen molar-refractivity contribution in [3.05, 3.63) is 45.8 Å². The molecule has 0 saturated heterocycles. The Morgan fingerprint density at radius 1 is 1.36 bits per heavy atom. The number of nitrogens with one attached hydrogen (secondary N) is 3. The number of hydrogen-bond donors (Lipinski definition) is 3. The first-order chi connectivity index (χ1) is 12.0. The van der Waals surface area contributed by atoms with Crippen molar-refractivity contribution in [1.29, 1.82) is 0 Å². The Bertz CT molecular complexity index is 819. The van der Waals surface area contributed by atoms with Gasteiger partial charge in [0.1, 0.15) is 5.82 Å². The number of aromatic nitrogens is 3. The molecule has 3 N–H and O–H groups in total. The summed E-state index contributed by atoms with van der Waals surface area (Å²) in [5.41, 5.74) is 4.33. The molecule has 0 bridgehead atoms. The van der Waals surface area contributed by atoms with Gasteiger partial charge in [0.05, 0.1) is 10.7 Å². The van der Waals surface area contributed by atoms with Gasteiger partial charge in [0.2, 0.25) is 11.1 Å². The maximum absolute atomic E-state index is 11.9. The minimum absolute atomic E-state index is 0.0250. The van der Waals surface area contributed by atoms with Crippen LogP contribution in [0.1, 0.15) is 34.9 Å². The maximum atomic E-state index is 11.9. The zero-order valence-corrected chi connectivity index (χ0v) is 13.7. The van der Waals surface area contributed by atoms with Crippen molar-refractivity contribution >= 4 is 29.3 Å². The summed E-state index contributed by atoms with van der Waals surface area (Å²) >= 11 is 1.14. The summed E-state index contributed by atoms with van der Waals surface area (Å²) in [7, 11) is 0. The number of carbonyl (C=O) groups is 2. The van der Waals surface area contributed by atoms with Crippen LogP contribution in [0.4, 0.5) is 5.69 Å². The number of aromatic amines is 1. The summed E-state index contributed by atoms with van der Waals surface area (Å²) < 4.78 is 0. The molecule has 2 aromatic rings.